The van der Waals surface area contributed by atoms with Crippen LogP contribution in [0.25, 0.3) is 0 Å². The summed E-state index contributed by atoms with van der Waals surface area (Å²) < 4.78 is 10.1. The number of rotatable bonds is 3. The van der Waals surface area contributed by atoms with E-state index >= 15 is 0 Å². The summed E-state index contributed by atoms with van der Waals surface area (Å²) in [5.74, 6) is -0.253. The first-order chi connectivity index (χ1) is 9.94. The SMILES string of the molecule is CC(I)(C(=O)OC1CC(=O)Oc2ccccc21)C12NC1N2. The Morgan fingerprint density at radius 1 is 1.48 bits per heavy atom. The van der Waals surface area contributed by atoms with Gasteiger partial charge in [0.25, 0.3) is 0 Å². The number of alkyl halides is 1. The van der Waals surface area contributed by atoms with E-state index in [1.165, 1.54) is 0 Å². The molecule has 0 aromatic heterocycles. The normalized spacial score (nSPS) is 34.9. The molecular formula is C14H13IN2O4. The second-order valence-electron chi connectivity index (χ2n) is 5.64. The molecule has 1 aromatic rings. The number of para-hydroxylation sites is 1. The number of halogens is 1. The van der Waals surface area contributed by atoms with Gasteiger partial charge in [0.2, 0.25) is 0 Å². The second kappa shape index (κ2) is 4.17. The molecule has 3 aliphatic rings. The van der Waals surface area contributed by atoms with Gasteiger partial charge in [-0.2, -0.15) is 0 Å². The molecule has 4 rings (SSSR count). The zero-order valence-corrected chi connectivity index (χ0v) is 13.3. The van der Waals surface area contributed by atoms with E-state index in [0.29, 0.717) is 5.75 Å². The molecule has 2 saturated heterocycles. The Balaban J connectivity index is 1.57. The van der Waals surface area contributed by atoms with Crippen LogP contribution in [0.1, 0.15) is 25.0 Å². The Hall–Kier alpha value is -1.19. The standard InChI is InChI=1S/C14H13IN2O4/c1-13(15,14-11(16-14)17-14)12(19)21-9-6-10(18)20-8-5-3-2-4-7(8)9/h2-5,9,11,16-17H,6H2,1H3. The lowest BCUT2D eigenvalue weighted by molar-refractivity contribution is -0.156. The number of carbonyl (C=O) groups is 2. The van der Waals surface area contributed by atoms with Crippen LogP contribution in [0.2, 0.25) is 0 Å². The summed E-state index contributed by atoms with van der Waals surface area (Å²) in [6.45, 7) is 1.83. The Kier molecular flexibility index (Phi) is 2.68. The van der Waals surface area contributed by atoms with Gasteiger partial charge < -0.3 is 9.47 Å². The van der Waals surface area contributed by atoms with Gasteiger partial charge >= 0.3 is 11.9 Å². The maximum Gasteiger partial charge on any atom is 0.325 e. The van der Waals surface area contributed by atoms with Crippen LogP contribution in [0.4, 0.5) is 0 Å². The number of benzene rings is 1. The van der Waals surface area contributed by atoms with Gasteiger partial charge in [-0.1, -0.05) is 40.8 Å². The van der Waals surface area contributed by atoms with Crippen molar-refractivity contribution in [3.05, 3.63) is 29.8 Å². The number of fused-ring (bicyclic) bond motifs is 2. The third kappa shape index (κ3) is 1.91. The number of hydrogen-bond donors (Lipinski definition) is 2. The van der Waals surface area contributed by atoms with Crippen molar-refractivity contribution in [3.8, 4) is 5.75 Å². The van der Waals surface area contributed by atoms with Crippen molar-refractivity contribution < 1.29 is 19.1 Å². The zero-order valence-electron chi connectivity index (χ0n) is 11.2. The fourth-order valence-corrected chi connectivity index (χ4v) is 3.44. The van der Waals surface area contributed by atoms with Crippen LogP contribution in [0.15, 0.2) is 24.3 Å². The molecule has 7 heteroatoms. The van der Waals surface area contributed by atoms with E-state index in [2.05, 4.69) is 33.2 Å². The molecule has 6 nitrogen and oxygen atoms in total. The number of carbonyl (C=O) groups excluding carboxylic acids is 2. The Morgan fingerprint density at radius 2 is 2.14 bits per heavy atom. The van der Waals surface area contributed by atoms with Crippen LogP contribution in [0.3, 0.4) is 0 Å². The summed E-state index contributed by atoms with van der Waals surface area (Å²) in [4.78, 5) is 24.1. The van der Waals surface area contributed by atoms with Crippen molar-refractivity contribution >= 4 is 34.5 Å². The molecule has 21 heavy (non-hydrogen) atoms. The largest absolute Gasteiger partial charge is 0.456 e. The number of ether oxygens (including phenoxy) is 2. The molecule has 3 aliphatic heterocycles. The molecular weight excluding hydrogens is 387 g/mol. The molecule has 0 radical (unpaired) electrons. The Bertz CT molecular complexity index is 654. The van der Waals surface area contributed by atoms with Gasteiger partial charge in [0.1, 0.15) is 17.5 Å². The molecule has 0 spiro atoms. The third-order valence-electron chi connectivity index (χ3n) is 4.23. The minimum Gasteiger partial charge on any atom is -0.456 e. The van der Waals surface area contributed by atoms with E-state index in [1.807, 2.05) is 19.1 Å². The van der Waals surface area contributed by atoms with Crippen LogP contribution < -0.4 is 15.4 Å². The summed E-state index contributed by atoms with van der Waals surface area (Å²) in [6, 6.07) is 7.14. The van der Waals surface area contributed by atoms with Gasteiger partial charge in [0, 0.05) is 5.56 Å². The van der Waals surface area contributed by atoms with Crippen molar-refractivity contribution in [2.24, 2.45) is 0 Å². The maximum absolute atomic E-state index is 12.5. The molecule has 0 amide bonds. The highest BCUT2D eigenvalue weighted by Gasteiger charge is 2.80. The van der Waals surface area contributed by atoms with Crippen LogP contribution in [-0.2, 0) is 14.3 Å². The molecule has 2 fully saturated rings. The lowest BCUT2D eigenvalue weighted by Gasteiger charge is -2.29. The molecule has 0 saturated carbocycles. The van der Waals surface area contributed by atoms with E-state index in [-0.39, 0.29) is 30.2 Å². The van der Waals surface area contributed by atoms with Gasteiger partial charge in [-0.3, -0.25) is 20.2 Å². The number of esters is 2. The minimum atomic E-state index is -0.717. The van der Waals surface area contributed by atoms with Crippen molar-refractivity contribution in [2.45, 2.75) is 34.7 Å². The van der Waals surface area contributed by atoms with E-state index in [1.54, 1.807) is 12.1 Å². The zero-order chi connectivity index (χ0) is 14.8. The quantitative estimate of drug-likeness (QED) is 0.259. The first-order valence-corrected chi connectivity index (χ1v) is 7.77. The topological polar surface area (TPSA) is 96.5 Å². The van der Waals surface area contributed by atoms with E-state index in [4.69, 9.17) is 9.47 Å². The summed E-state index contributed by atoms with van der Waals surface area (Å²) >= 11 is 2.10. The van der Waals surface area contributed by atoms with Crippen molar-refractivity contribution in [2.75, 3.05) is 0 Å². The third-order valence-corrected chi connectivity index (χ3v) is 5.52. The summed E-state index contributed by atoms with van der Waals surface area (Å²) in [7, 11) is 0. The molecule has 1 aromatic carbocycles. The maximum atomic E-state index is 12.5. The minimum absolute atomic E-state index is 0.0484. The Labute approximate surface area is 134 Å². The van der Waals surface area contributed by atoms with E-state index in [0.717, 1.165) is 5.56 Å². The van der Waals surface area contributed by atoms with Crippen molar-refractivity contribution in [1.82, 2.24) is 10.6 Å². The van der Waals surface area contributed by atoms with Crippen LogP contribution in [-0.4, -0.2) is 27.2 Å². The summed E-state index contributed by atoms with van der Waals surface area (Å²) in [5, 5.41) is 6.37. The number of hydrogen-bond acceptors (Lipinski definition) is 6. The molecule has 0 aliphatic carbocycles. The molecule has 0 bridgehead atoms. The van der Waals surface area contributed by atoms with Gasteiger partial charge in [-0.25, -0.2) is 0 Å². The smallest absolute Gasteiger partial charge is 0.325 e. The molecule has 2 N–H and O–H groups in total. The van der Waals surface area contributed by atoms with Crippen LogP contribution in [0.5, 0.6) is 5.75 Å². The highest BCUT2D eigenvalue weighted by atomic mass is 127. The highest BCUT2D eigenvalue weighted by Crippen LogP contribution is 2.52. The summed E-state index contributed by atoms with van der Waals surface area (Å²) in [6.07, 6.45) is -0.334. The van der Waals surface area contributed by atoms with Crippen LogP contribution in [0, 0.1) is 0 Å². The fourth-order valence-electron chi connectivity index (χ4n) is 2.69. The lowest BCUT2D eigenvalue weighted by atomic mass is 10.0. The lowest BCUT2D eigenvalue weighted by Crippen LogP contribution is -2.48. The van der Waals surface area contributed by atoms with Gasteiger partial charge in [-0.05, 0) is 13.0 Å². The fraction of sp³-hybridized carbons (Fsp3) is 0.429. The first-order valence-electron chi connectivity index (χ1n) is 6.69. The molecule has 2 atom stereocenters. The van der Waals surface area contributed by atoms with Crippen molar-refractivity contribution in [1.29, 1.82) is 0 Å². The van der Waals surface area contributed by atoms with E-state index < -0.39 is 9.53 Å². The van der Waals surface area contributed by atoms with E-state index in [9.17, 15) is 9.59 Å². The Morgan fingerprint density at radius 3 is 2.81 bits per heavy atom. The number of nitrogens with one attached hydrogen (secondary N) is 2. The van der Waals surface area contributed by atoms with Crippen LogP contribution >= 0.6 is 22.6 Å². The van der Waals surface area contributed by atoms with Gasteiger partial charge in [-0.15, -0.1) is 0 Å². The molecule has 3 heterocycles. The summed E-state index contributed by atoms with van der Waals surface area (Å²) in [5.41, 5.74) is 0.401. The molecule has 110 valence electrons. The predicted octanol–water partition coefficient (Wildman–Crippen LogP) is 1.00. The average Bonchev–Trinajstić information content (AvgIpc) is 3.27. The second-order valence-corrected chi connectivity index (χ2v) is 7.80. The van der Waals surface area contributed by atoms with Gasteiger partial charge in [0.15, 0.2) is 3.42 Å². The highest BCUT2D eigenvalue weighted by molar-refractivity contribution is 14.1. The predicted molar refractivity (Wildman–Crippen MR) is 80.7 cm³/mol. The molecule has 2 unspecified atom stereocenters. The monoisotopic (exact) mass is 400 g/mol. The average molecular weight is 400 g/mol. The van der Waals surface area contributed by atoms with Gasteiger partial charge in [0.05, 0.1) is 12.6 Å². The first kappa shape index (κ1) is 13.5. The van der Waals surface area contributed by atoms with Crippen molar-refractivity contribution in [3.63, 3.8) is 0 Å².